The van der Waals surface area contributed by atoms with Crippen LogP contribution in [0.1, 0.15) is 41.7 Å². The Labute approximate surface area is 196 Å². The van der Waals surface area contributed by atoms with Gasteiger partial charge in [-0.25, -0.2) is 4.68 Å². The summed E-state index contributed by atoms with van der Waals surface area (Å²) in [6.45, 7) is 3.25. The molecule has 2 heterocycles. The van der Waals surface area contributed by atoms with Gasteiger partial charge in [-0.05, 0) is 47.9 Å². The number of hydrogen-bond donors (Lipinski definition) is 2. The molecule has 4 rings (SSSR count). The highest BCUT2D eigenvalue weighted by atomic mass is 32.2. The Bertz CT molecular complexity index is 1080. The first-order valence-electron chi connectivity index (χ1n) is 10.9. The smallest absolute Gasteiger partial charge is 0.253 e. The molecule has 2 N–H and O–H groups in total. The molecule has 1 saturated heterocycles. The van der Waals surface area contributed by atoms with Crippen molar-refractivity contribution >= 4 is 29.3 Å². The van der Waals surface area contributed by atoms with Crippen LogP contribution in [0.25, 0.3) is 0 Å². The van der Waals surface area contributed by atoms with Crippen LogP contribution in [0.5, 0.6) is 0 Å². The summed E-state index contributed by atoms with van der Waals surface area (Å²) in [5.41, 5.74) is 1.87. The number of hydrogen-bond acceptors (Lipinski definition) is 7. The lowest BCUT2D eigenvalue weighted by molar-refractivity contribution is -0.113. The average Bonchev–Trinajstić information content (AvgIpc) is 3.51. The third kappa shape index (κ3) is 6.17. The molecule has 0 spiro atoms. The molecule has 2 atom stereocenters. The summed E-state index contributed by atoms with van der Waals surface area (Å²) in [6.07, 6.45) is 2.12. The average molecular weight is 467 g/mol. The van der Waals surface area contributed by atoms with Crippen molar-refractivity contribution in [3.8, 4) is 0 Å². The van der Waals surface area contributed by atoms with E-state index < -0.39 is 0 Å². The minimum Gasteiger partial charge on any atom is -0.376 e. The van der Waals surface area contributed by atoms with Crippen LogP contribution < -0.4 is 10.6 Å². The number of aromatic nitrogens is 4. The van der Waals surface area contributed by atoms with E-state index in [0.29, 0.717) is 23.0 Å². The lowest BCUT2D eigenvalue weighted by Crippen LogP contribution is -2.28. The van der Waals surface area contributed by atoms with Gasteiger partial charge >= 0.3 is 0 Å². The van der Waals surface area contributed by atoms with Gasteiger partial charge in [0.05, 0.1) is 35.7 Å². The first-order chi connectivity index (χ1) is 16.1. The van der Waals surface area contributed by atoms with Crippen LogP contribution in [0.15, 0.2) is 59.8 Å². The van der Waals surface area contributed by atoms with E-state index in [4.69, 9.17) is 4.74 Å². The number of thioether (sulfide) groups is 1. The van der Waals surface area contributed by atoms with E-state index in [1.807, 2.05) is 37.3 Å². The van der Waals surface area contributed by atoms with E-state index in [2.05, 4.69) is 26.2 Å². The van der Waals surface area contributed by atoms with Gasteiger partial charge in [-0.1, -0.05) is 54.2 Å². The second-order valence-corrected chi connectivity index (χ2v) is 8.71. The Hall–Kier alpha value is -3.24. The summed E-state index contributed by atoms with van der Waals surface area (Å²) >= 11 is 1.25. The lowest BCUT2D eigenvalue weighted by atomic mass is 10.1. The Morgan fingerprint density at radius 1 is 1.18 bits per heavy atom. The van der Waals surface area contributed by atoms with Crippen molar-refractivity contribution in [1.29, 1.82) is 0 Å². The molecule has 172 valence electrons. The molecule has 1 fully saturated rings. The first kappa shape index (κ1) is 22.9. The van der Waals surface area contributed by atoms with Crippen molar-refractivity contribution in [2.24, 2.45) is 0 Å². The van der Waals surface area contributed by atoms with Gasteiger partial charge in [0.25, 0.3) is 5.91 Å². The number of carbonyl (C=O) groups excluding carboxylic acids is 2. The number of carbonyl (C=O) groups is 2. The van der Waals surface area contributed by atoms with Crippen LogP contribution in [-0.2, 0) is 16.1 Å². The minimum absolute atomic E-state index is 0.102. The predicted octanol–water partition coefficient (Wildman–Crippen LogP) is 3.07. The minimum atomic E-state index is -0.254. The Kier molecular flexibility index (Phi) is 7.69. The number of ether oxygens (including phenoxy) is 1. The molecule has 3 aromatic rings. The van der Waals surface area contributed by atoms with Crippen molar-refractivity contribution in [1.82, 2.24) is 25.5 Å². The van der Waals surface area contributed by atoms with Crippen LogP contribution in [0.3, 0.4) is 0 Å². The zero-order chi connectivity index (χ0) is 23.0. The standard InChI is InChI=1S/C23H26N6O3S/c1-16(17-8-3-2-4-9-17)24-22(31)19-11-5-6-12-20(19)25-21(30)15-33-23-26-27-28-29(23)14-18-10-7-13-32-18/h2-6,8-9,11-12,16,18H,7,10,13-15H2,1H3,(H,24,31)(H,25,30). The Morgan fingerprint density at radius 3 is 2.76 bits per heavy atom. The summed E-state index contributed by atoms with van der Waals surface area (Å²) in [5.74, 6) is -0.388. The normalized spacial score (nSPS) is 16.3. The quantitative estimate of drug-likeness (QED) is 0.466. The van der Waals surface area contributed by atoms with Gasteiger partial charge < -0.3 is 15.4 Å². The molecular weight excluding hydrogens is 440 g/mol. The molecule has 0 aliphatic carbocycles. The monoisotopic (exact) mass is 466 g/mol. The van der Waals surface area contributed by atoms with Gasteiger partial charge in [-0.2, -0.15) is 0 Å². The summed E-state index contributed by atoms with van der Waals surface area (Å²) in [5, 5.41) is 18.1. The molecule has 1 aromatic heterocycles. The fourth-order valence-electron chi connectivity index (χ4n) is 3.60. The van der Waals surface area contributed by atoms with Gasteiger partial charge in [0.1, 0.15) is 0 Å². The zero-order valence-corrected chi connectivity index (χ0v) is 19.1. The molecule has 0 radical (unpaired) electrons. The number of benzene rings is 2. The molecule has 0 bridgehead atoms. The van der Waals surface area contributed by atoms with Crippen molar-refractivity contribution in [3.05, 3.63) is 65.7 Å². The number of amides is 2. The largest absolute Gasteiger partial charge is 0.376 e. The number of para-hydroxylation sites is 1. The van der Waals surface area contributed by atoms with Crippen molar-refractivity contribution < 1.29 is 14.3 Å². The number of nitrogens with zero attached hydrogens (tertiary/aromatic N) is 4. The SMILES string of the molecule is CC(NC(=O)c1ccccc1NC(=O)CSc1nnnn1CC1CCCO1)c1ccccc1. The van der Waals surface area contributed by atoms with Crippen LogP contribution in [0.2, 0.25) is 0 Å². The molecule has 33 heavy (non-hydrogen) atoms. The second-order valence-electron chi connectivity index (χ2n) is 7.77. The van der Waals surface area contributed by atoms with Gasteiger partial charge in [0.15, 0.2) is 0 Å². The second kappa shape index (κ2) is 11.1. The van der Waals surface area contributed by atoms with E-state index in [1.54, 1.807) is 28.9 Å². The first-order valence-corrected chi connectivity index (χ1v) is 11.8. The molecule has 2 aromatic carbocycles. The van der Waals surface area contributed by atoms with E-state index in [-0.39, 0.29) is 29.7 Å². The lowest BCUT2D eigenvalue weighted by Gasteiger charge is -2.16. The fraction of sp³-hybridized carbons (Fsp3) is 0.348. The molecule has 2 amide bonds. The highest BCUT2D eigenvalue weighted by Crippen LogP contribution is 2.21. The van der Waals surface area contributed by atoms with Crippen LogP contribution in [-0.4, -0.2) is 50.5 Å². The molecule has 10 heteroatoms. The molecule has 9 nitrogen and oxygen atoms in total. The third-order valence-electron chi connectivity index (χ3n) is 5.32. The van der Waals surface area contributed by atoms with E-state index in [1.165, 1.54) is 11.8 Å². The van der Waals surface area contributed by atoms with Gasteiger partial charge in [0.2, 0.25) is 11.1 Å². The zero-order valence-electron chi connectivity index (χ0n) is 18.3. The molecule has 0 saturated carbocycles. The summed E-state index contributed by atoms with van der Waals surface area (Å²) in [7, 11) is 0. The highest BCUT2D eigenvalue weighted by molar-refractivity contribution is 7.99. The fourth-order valence-corrected chi connectivity index (χ4v) is 4.29. The Morgan fingerprint density at radius 2 is 1.97 bits per heavy atom. The molecule has 1 aliphatic rings. The molecule has 2 unspecified atom stereocenters. The number of nitrogens with one attached hydrogen (secondary N) is 2. The summed E-state index contributed by atoms with van der Waals surface area (Å²) < 4.78 is 7.30. The topological polar surface area (TPSA) is 111 Å². The van der Waals surface area contributed by atoms with Gasteiger partial charge in [0, 0.05) is 6.61 Å². The van der Waals surface area contributed by atoms with Crippen LogP contribution in [0.4, 0.5) is 5.69 Å². The highest BCUT2D eigenvalue weighted by Gasteiger charge is 2.20. The maximum Gasteiger partial charge on any atom is 0.253 e. The molecular formula is C23H26N6O3S. The van der Waals surface area contributed by atoms with Gasteiger partial charge in [-0.15, -0.1) is 5.10 Å². The van der Waals surface area contributed by atoms with Crippen molar-refractivity contribution in [2.45, 2.75) is 43.6 Å². The Balaban J connectivity index is 1.34. The number of tetrazole rings is 1. The van der Waals surface area contributed by atoms with Crippen molar-refractivity contribution in [3.63, 3.8) is 0 Å². The summed E-state index contributed by atoms with van der Waals surface area (Å²) in [6, 6.07) is 16.5. The van der Waals surface area contributed by atoms with E-state index in [0.717, 1.165) is 25.0 Å². The summed E-state index contributed by atoms with van der Waals surface area (Å²) in [4.78, 5) is 25.5. The maximum absolute atomic E-state index is 12.9. The number of rotatable bonds is 9. The van der Waals surface area contributed by atoms with Crippen molar-refractivity contribution in [2.75, 3.05) is 17.7 Å². The predicted molar refractivity (Wildman–Crippen MR) is 125 cm³/mol. The maximum atomic E-state index is 12.9. The van der Waals surface area contributed by atoms with Crippen LogP contribution >= 0.6 is 11.8 Å². The third-order valence-corrected chi connectivity index (χ3v) is 6.28. The van der Waals surface area contributed by atoms with E-state index >= 15 is 0 Å². The van der Waals surface area contributed by atoms with E-state index in [9.17, 15) is 9.59 Å². The molecule has 1 aliphatic heterocycles. The van der Waals surface area contributed by atoms with Gasteiger partial charge in [-0.3, -0.25) is 9.59 Å². The van der Waals surface area contributed by atoms with Crippen LogP contribution in [0, 0.1) is 0 Å². The number of anilines is 1.